The summed E-state index contributed by atoms with van der Waals surface area (Å²) in [5.74, 6) is 0.321. The number of carbonyl (C=O) groups is 1. The van der Waals surface area contributed by atoms with Crippen LogP contribution in [0.4, 0.5) is 5.69 Å². The standard InChI is InChI=1S/C14H16N2O2S/c1-9-7-19-8-10(9)6-16-14(17)12-4-3-11(15)5-13(12)18-2/h3-5,7-8H,6,15H2,1-2H3,(H,16,17). The minimum absolute atomic E-state index is 0.164. The molecule has 0 fully saturated rings. The van der Waals surface area contributed by atoms with Crippen molar-refractivity contribution < 1.29 is 9.53 Å². The van der Waals surface area contributed by atoms with Crippen LogP contribution in [0.25, 0.3) is 0 Å². The van der Waals surface area contributed by atoms with E-state index < -0.39 is 0 Å². The average molecular weight is 276 g/mol. The fourth-order valence-corrected chi connectivity index (χ4v) is 2.59. The lowest BCUT2D eigenvalue weighted by Crippen LogP contribution is -2.23. The number of ether oxygens (including phenoxy) is 1. The Kier molecular flexibility index (Phi) is 4.06. The molecule has 0 unspecified atom stereocenters. The maximum absolute atomic E-state index is 12.1. The number of thiophene rings is 1. The van der Waals surface area contributed by atoms with Gasteiger partial charge < -0.3 is 15.8 Å². The summed E-state index contributed by atoms with van der Waals surface area (Å²) < 4.78 is 5.17. The summed E-state index contributed by atoms with van der Waals surface area (Å²) in [4.78, 5) is 12.1. The van der Waals surface area contributed by atoms with Crippen molar-refractivity contribution >= 4 is 22.9 Å². The van der Waals surface area contributed by atoms with Crippen molar-refractivity contribution in [2.75, 3.05) is 12.8 Å². The highest BCUT2D eigenvalue weighted by Crippen LogP contribution is 2.21. The fraction of sp³-hybridized carbons (Fsp3) is 0.214. The van der Waals surface area contributed by atoms with Crippen LogP contribution in [0, 0.1) is 6.92 Å². The smallest absolute Gasteiger partial charge is 0.255 e. The highest BCUT2D eigenvalue weighted by atomic mass is 32.1. The topological polar surface area (TPSA) is 64.3 Å². The predicted molar refractivity (Wildman–Crippen MR) is 77.6 cm³/mol. The van der Waals surface area contributed by atoms with Crippen LogP contribution in [0.3, 0.4) is 0 Å². The molecule has 0 atom stereocenters. The Labute approximate surface area is 116 Å². The van der Waals surface area contributed by atoms with E-state index in [1.165, 1.54) is 12.7 Å². The van der Waals surface area contributed by atoms with Crippen molar-refractivity contribution in [2.45, 2.75) is 13.5 Å². The predicted octanol–water partition coefficient (Wildman–Crippen LogP) is 2.58. The molecule has 19 heavy (non-hydrogen) atoms. The van der Waals surface area contributed by atoms with Gasteiger partial charge in [-0.3, -0.25) is 4.79 Å². The molecule has 0 saturated heterocycles. The number of rotatable bonds is 4. The molecule has 2 aromatic rings. The molecule has 0 spiro atoms. The van der Waals surface area contributed by atoms with Crippen LogP contribution < -0.4 is 15.8 Å². The second-order valence-corrected chi connectivity index (χ2v) is 4.97. The molecule has 0 aliphatic carbocycles. The molecule has 1 amide bonds. The van der Waals surface area contributed by atoms with E-state index in [-0.39, 0.29) is 5.91 Å². The SMILES string of the molecule is COc1cc(N)ccc1C(=O)NCc1cscc1C. The number of nitrogen functional groups attached to an aromatic ring is 1. The molecule has 0 bridgehead atoms. The first-order valence-electron chi connectivity index (χ1n) is 5.85. The van der Waals surface area contributed by atoms with E-state index in [1.807, 2.05) is 12.3 Å². The molecule has 1 aromatic heterocycles. The second kappa shape index (κ2) is 5.75. The highest BCUT2D eigenvalue weighted by Gasteiger charge is 2.12. The molecule has 100 valence electrons. The summed E-state index contributed by atoms with van der Waals surface area (Å²) in [5, 5.41) is 6.98. The molecule has 1 heterocycles. The Hall–Kier alpha value is -2.01. The molecule has 0 saturated carbocycles. The van der Waals surface area contributed by atoms with Gasteiger partial charge in [0.15, 0.2) is 0 Å². The van der Waals surface area contributed by atoms with E-state index in [9.17, 15) is 4.79 Å². The van der Waals surface area contributed by atoms with Crippen molar-refractivity contribution in [3.8, 4) is 5.75 Å². The van der Waals surface area contributed by atoms with Gasteiger partial charge in [0.2, 0.25) is 0 Å². The van der Waals surface area contributed by atoms with Crippen LogP contribution >= 0.6 is 11.3 Å². The largest absolute Gasteiger partial charge is 0.496 e. The van der Waals surface area contributed by atoms with E-state index in [1.54, 1.807) is 29.5 Å². The molecule has 2 rings (SSSR count). The highest BCUT2D eigenvalue weighted by molar-refractivity contribution is 7.08. The summed E-state index contributed by atoms with van der Waals surface area (Å²) >= 11 is 1.63. The number of nitrogens with two attached hydrogens (primary N) is 1. The summed E-state index contributed by atoms with van der Waals surface area (Å²) in [6.07, 6.45) is 0. The number of carbonyl (C=O) groups excluding carboxylic acids is 1. The number of benzene rings is 1. The first kappa shape index (κ1) is 13.4. The van der Waals surface area contributed by atoms with Crippen LogP contribution in [0.2, 0.25) is 0 Å². The number of hydrogen-bond donors (Lipinski definition) is 2. The van der Waals surface area contributed by atoms with Gasteiger partial charge in [-0.2, -0.15) is 11.3 Å². The minimum atomic E-state index is -0.164. The van der Waals surface area contributed by atoms with Crippen molar-refractivity contribution in [3.63, 3.8) is 0 Å². The van der Waals surface area contributed by atoms with Crippen LogP contribution in [-0.4, -0.2) is 13.0 Å². The normalized spacial score (nSPS) is 10.2. The van der Waals surface area contributed by atoms with Gasteiger partial charge in [0.05, 0.1) is 12.7 Å². The Morgan fingerprint density at radius 1 is 1.42 bits per heavy atom. The molecule has 0 aliphatic heterocycles. The van der Waals surface area contributed by atoms with E-state index in [4.69, 9.17) is 10.5 Å². The van der Waals surface area contributed by atoms with Crippen LogP contribution in [0.15, 0.2) is 29.0 Å². The van der Waals surface area contributed by atoms with Crippen LogP contribution in [-0.2, 0) is 6.54 Å². The van der Waals surface area contributed by atoms with E-state index >= 15 is 0 Å². The van der Waals surface area contributed by atoms with Crippen molar-refractivity contribution in [2.24, 2.45) is 0 Å². The number of nitrogens with one attached hydrogen (secondary N) is 1. The van der Waals surface area contributed by atoms with Gasteiger partial charge in [-0.1, -0.05) is 0 Å². The minimum Gasteiger partial charge on any atom is -0.496 e. The molecular formula is C14H16N2O2S. The number of anilines is 1. The molecule has 0 aliphatic rings. The van der Waals surface area contributed by atoms with Gasteiger partial charge in [0.1, 0.15) is 5.75 Å². The number of hydrogen-bond acceptors (Lipinski definition) is 4. The summed E-state index contributed by atoms with van der Waals surface area (Å²) in [6, 6.07) is 5.00. The Morgan fingerprint density at radius 2 is 2.21 bits per heavy atom. The first-order valence-corrected chi connectivity index (χ1v) is 6.79. The van der Waals surface area contributed by atoms with Crippen molar-refractivity contribution in [1.82, 2.24) is 5.32 Å². The van der Waals surface area contributed by atoms with E-state index in [2.05, 4.69) is 10.7 Å². The quantitative estimate of drug-likeness (QED) is 0.844. The van der Waals surface area contributed by atoms with E-state index in [0.717, 1.165) is 5.56 Å². The lowest BCUT2D eigenvalue weighted by molar-refractivity contribution is 0.0948. The zero-order valence-corrected chi connectivity index (χ0v) is 11.7. The summed E-state index contributed by atoms with van der Waals surface area (Å²) in [5.41, 5.74) is 9.05. The fourth-order valence-electron chi connectivity index (χ4n) is 1.73. The number of methoxy groups -OCH3 is 1. The van der Waals surface area contributed by atoms with Crippen molar-refractivity contribution in [1.29, 1.82) is 0 Å². The van der Waals surface area contributed by atoms with Gasteiger partial charge in [0.25, 0.3) is 5.91 Å². The van der Waals surface area contributed by atoms with Gasteiger partial charge in [-0.05, 0) is 40.9 Å². The molecule has 4 nitrogen and oxygen atoms in total. The van der Waals surface area contributed by atoms with Crippen LogP contribution in [0.5, 0.6) is 5.75 Å². The molecule has 0 radical (unpaired) electrons. The number of amides is 1. The van der Waals surface area contributed by atoms with Gasteiger partial charge in [-0.25, -0.2) is 0 Å². The molecule has 5 heteroatoms. The van der Waals surface area contributed by atoms with E-state index in [0.29, 0.717) is 23.5 Å². The number of aryl methyl sites for hydroxylation is 1. The van der Waals surface area contributed by atoms with Crippen LogP contribution in [0.1, 0.15) is 21.5 Å². The third-order valence-electron chi connectivity index (χ3n) is 2.87. The lowest BCUT2D eigenvalue weighted by atomic mass is 10.1. The lowest BCUT2D eigenvalue weighted by Gasteiger charge is -2.10. The summed E-state index contributed by atoms with van der Waals surface area (Å²) in [7, 11) is 1.52. The molecular weight excluding hydrogens is 260 g/mol. The third kappa shape index (κ3) is 3.06. The first-order chi connectivity index (χ1) is 9.11. The van der Waals surface area contributed by atoms with Gasteiger partial charge >= 0.3 is 0 Å². The Bertz CT molecular complexity index is 593. The second-order valence-electron chi connectivity index (χ2n) is 4.22. The molecule has 1 aromatic carbocycles. The Morgan fingerprint density at radius 3 is 2.84 bits per heavy atom. The zero-order chi connectivity index (χ0) is 13.8. The Balaban J connectivity index is 2.10. The molecule has 3 N–H and O–H groups in total. The maximum atomic E-state index is 12.1. The van der Waals surface area contributed by atoms with Gasteiger partial charge in [0, 0.05) is 18.3 Å². The van der Waals surface area contributed by atoms with Gasteiger partial charge in [-0.15, -0.1) is 0 Å². The average Bonchev–Trinajstić information content (AvgIpc) is 2.81. The zero-order valence-electron chi connectivity index (χ0n) is 10.9. The monoisotopic (exact) mass is 276 g/mol. The van der Waals surface area contributed by atoms with Crippen molar-refractivity contribution in [3.05, 3.63) is 45.6 Å². The third-order valence-corrected chi connectivity index (χ3v) is 3.78. The maximum Gasteiger partial charge on any atom is 0.255 e. The summed E-state index contributed by atoms with van der Waals surface area (Å²) in [6.45, 7) is 2.55.